The predicted octanol–water partition coefficient (Wildman–Crippen LogP) is 3.19. The van der Waals surface area contributed by atoms with Crippen molar-refractivity contribution in [2.75, 3.05) is 6.61 Å². The number of imidazole rings is 1. The van der Waals surface area contributed by atoms with Gasteiger partial charge in [0.05, 0.1) is 17.2 Å². The van der Waals surface area contributed by atoms with E-state index in [-0.39, 0.29) is 5.97 Å². The fourth-order valence-corrected chi connectivity index (χ4v) is 2.61. The summed E-state index contributed by atoms with van der Waals surface area (Å²) in [6, 6.07) is 3.97. The Hall–Kier alpha value is -1.62. The molecule has 1 saturated carbocycles. The number of ether oxygens (including phenoxy) is 1. The minimum Gasteiger partial charge on any atom is -0.461 e. The van der Waals surface area contributed by atoms with Gasteiger partial charge in [-0.15, -0.1) is 11.3 Å². The van der Waals surface area contributed by atoms with Crippen LogP contribution in [0.1, 0.15) is 41.9 Å². The van der Waals surface area contributed by atoms with E-state index in [4.69, 9.17) is 4.74 Å². The molecule has 2 aromatic heterocycles. The van der Waals surface area contributed by atoms with E-state index in [1.54, 1.807) is 11.3 Å². The molecule has 0 aliphatic heterocycles. The second kappa shape index (κ2) is 4.57. The second-order valence-corrected chi connectivity index (χ2v) is 5.27. The lowest BCUT2D eigenvalue weighted by atomic mass is 10.2. The van der Waals surface area contributed by atoms with Crippen LogP contribution in [0.2, 0.25) is 0 Å². The van der Waals surface area contributed by atoms with Gasteiger partial charge in [0, 0.05) is 5.92 Å². The topological polar surface area (TPSA) is 55.0 Å². The summed E-state index contributed by atoms with van der Waals surface area (Å²) in [6.07, 6.45) is 2.25. The summed E-state index contributed by atoms with van der Waals surface area (Å²) in [5.41, 5.74) is 1.40. The standard InChI is InChI=1S/C13H14N2O2S/c1-2-17-13(16)11-10(8-5-6-8)14-12(15-11)9-4-3-7-18-9/h3-4,7-8H,2,5-6H2,1H3,(H,14,15). The number of hydrogen-bond donors (Lipinski definition) is 1. The molecule has 0 radical (unpaired) electrons. The normalized spacial score (nSPS) is 14.7. The van der Waals surface area contributed by atoms with Crippen LogP contribution in [-0.4, -0.2) is 22.5 Å². The molecule has 1 N–H and O–H groups in total. The first-order valence-corrected chi connectivity index (χ1v) is 6.98. The average molecular weight is 262 g/mol. The van der Waals surface area contributed by atoms with Crippen LogP contribution < -0.4 is 0 Å². The highest BCUT2D eigenvalue weighted by Gasteiger charge is 2.32. The number of aromatic nitrogens is 2. The molecular weight excluding hydrogens is 248 g/mol. The van der Waals surface area contributed by atoms with Crippen molar-refractivity contribution < 1.29 is 9.53 Å². The number of rotatable bonds is 4. The maximum Gasteiger partial charge on any atom is 0.358 e. The minimum atomic E-state index is -0.321. The van der Waals surface area contributed by atoms with Crippen molar-refractivity contribution in [1.82, 2.24) is 9.97 Å². The Balaban J connectivity index is 1.98. The first-order valence-electron chi connectivity index (χ1n) is 6.10. The number of carbonyl (C=O) groups is 1. The van der Waals surface area contributed by atoms with Gasteiger partial charge < -0.3 is 9.72 Å². The number of carbonyl (C=O) groups excluding carboxylic acids is 1. The van der Waals surface area contributed by atoms with Gasteiger partial charge in [0.2, 0.25) is 0 Å². The van der Waals surface area contributed by atoms with Gasteiger partial charge in [-0.25, -0.2) is 9.78 Å². The number of thiophene rings is 1. The Labute approximate surface area is 109 Å². The number of aromatic amines is 1. The van der Waals surface area contributed by atoms with E-state index in [2.05, 4.69) is 9.97 Å². The van der Waals surface area contributed by atoms with Crippen molar-refractivity contribution in [2.45, 2.75) is 25.7 Å². The lowest BCUT2D eigenvalue weighted by Gasteiger charge is -2.00. The Kier molecular flexibility index (Phi) is 2.91. The van der Waals surface area contributed by atoms with Crippen molar-refractivity contribution in [3.8, 4) is 10.7 Å². The largest absolute Gasteiger partial charge is 0.461 e. The second-order valence-electron chi connectivity index (χ2n) is 4.32. The lowest BCUT2D eigenvalue weighted by molar-refractivity contribution is 0.0519. The smallest absolute Gasteiger partial charge is 0.358 e. The summed E-state index contributed by atoms with van der Waals surface area (Å²) in [7, 11) is 0. The molecule has 0 aromatic carbocycles. The van der Waals surface area contributed by atoms with E-state index in [1.807, 2.05) is 24.4 Å². The minimum absolute atomic E-state index is 0.321. The number of esters is 1. The summed E-state index contributed by atoms with van der Waals surface area (Å²) >= 11 is 1.61. The highest BCUT2D eigenvalue weighted by Crippen LogP contribution is 2.41. The molecule has 18 heavy (non-hydrogen) atoms. The van der Waals surface area contributed by atoms with Crippen molar-refractivity contribution in [3.63, 3.8) is 0 Å². The van der Waals surface area contributed by atoms with Crippen molar-refractivity contribution in [2.24, 2.45) is 0 Å². The Morgan fingerprint density at radius 1 is 1.61 bits per heavy atom. The molecular formula is C13H14N2O2S. The molecule has 94 valence electrons. The molecule has 5 heteroatoms. The Bertz CT molecular complexity index is 556. The zero-order chi connectivity index (χ0) is 12.5. The van der Waals surface area contributed by atoms with E-state index >= 15 is 0 Å². The van der Waals surface area contributed by atoms with E-state index in [9.17, 15) is 4.79 Å². The third-order valence-corrected chi connectivity index (χ3v) is 3.82. The van der Waals surface area contributed by atoms with Crippen LogP contribution in [-0.2, 0) is 4.74 Å². The summed E-state index contributed by atoms with van der Waals surface area (Å²) in [5.74, 6) is 0.902. The van der Waals surface area contributed by atoms with Crippen LogP contribution in [0.15, 0.2) is 17.5 Å². The third kappa shape index (κ3) is 2.06. The van der Waals surface area contributed by atoms with Gasteiger partial charge in [-0.3, -0.25) is 0 Å². The number of nitrogens with one attached hydrogen (secondary N) is 1. The monoisotopic (exact) mass is 262 g/mol. The number of nitrogens with zero attached hydrogens (tertiary/aromatic N) is 1. The van der Waals surface area contributed by atoms with Crippen molar-refractivity contribution >= 4 is 17.3 Å². The molecule has 0 amide bonds. The van der Waals surface area contributed by atoms with Gasteiger partial charge in [-0.05, 0) is 31.2 Å². The lowest BCUT2D eigenvalue weighted by Crippen LogP contribution is -2.07. The molecule has 0 unspecified atom stereocenters. The summed E-state index contributed by atoms with van der Waals surface area (Å²) in [5, 5.41) is 2.00. The predicted molar refractivity (Wildman–Crippen MR) is 69.8 cm³/mol. The Morgan fingerprint density at radius 3 is 3.06 bits per heavy atom. The van der Waals surface area contributed by atoms with Crippen LogP contribution in [0.4, 0.5) is 0 Å². The van der Waals surface area contributed by atoms with Crippen LogP contribution in [0.25, 0.3) is 10.7 Å². The first-order chi connectivity index (χ1) is 8.79. The highest BCUT2D eigenvalue weighted by molar-refractivity contribution is 7.13. The maximum absolute atomic E-state index is 11.9. The zero-order valence-electron chi connectivity index (χ0n) is 10.1. The quantitative estimate of drug-likeness (QED) is 0.861. The molecule has 1 fully saturated rings. The van der Waals surface area contributed by atoms with Gasteiger partial charge in [0.25, 0.3) is 0 Å². The molecule has 0 atom stereocenters. The van der Waals surface area contributed by atoms with E-state index in [1.165, 1.54) is 0 Å². The van der Waals surface area contributed by atoms with E-state index in [0.29, 0.717) is 18.2 Å². The maximum atomic E-state index is 11.9. The van der Waals surface area contributed by atoms with Crippen LogP contribution in [0, 0.1) is 0 Å². The van der Waals surface area contributed by atoms with Crippen molar-refractivity contribution in [1.29, 1.82) is 0 Å². The molecule has 2 aromatic rings. The molecule has 2 heterocycles. The third-order valence-electron chi connectivity index (χ3n) is 2.94. The summed E-state index contributed by atoms with van der Waals surface area (Å²) in [4.78, 5) is 20.6. The highest BCUT2D eigenvalue weighted by atomic mass is 32.1. The SMILES string of the molecule is CCOC(=O)c1nc(-c2cccs2)[nH]c1C1CC1. The van der Waals surface area contributed by atoms with E-state index < -0.39 is 0 Å². The van der Waals surface area contributed by atoms with Gasteiger partial charge in [0.1, 0.15) is 5.82 Å². The molecule has 0 saturated heterocycles. The zero-order valence-corrected chi connectivity index (χ0v) is 10.9. The number of H-pyrrole nitrogens is 1. The molecule has 4 nitrogen and oxygen atoms in total. The van der Waals surface area contributed by atoms with Gasteiger partial charge in [0.15, 0.2) is 5.69 Å². The summed E-state index contributed by atoms with van der Waals surface area (Å²) in [6.45, 7) is 2.19. The fourth-order valence-electron chi connectivity index (χ4n) is 1.94. The van der Waals surface area contributed by atoms with Crippen LogP contribution >= 0.6 is 11.3 Å². The first kappa shape index (κ1) is 11.5. The molecule has 1 aliphatic carbocycles. The molecule has 3 rings (SSSR count). The van der Waals surface area contributed by atoms with E-state index in [0.717, 1.165) is 29.2 Å². The molecule has 0 bridgehead atoms. The van der Waals surface area contributed by atoms with Gasteiger partial charge in [-0.1, -0.05) is 6.07 Å². The van der Waals surface area contributed by atoms with Crippen LogP contribution in [0.3, 0.4) is 0 Å². The summed E-state index contributed by atoms with van der Waals surface area (Å²) < 4.78 is 5.06. The molecule has 1 aliphatic rings. The van der Waals surface area contributed by atoms with Crippen LogP contribution in [0.5, 0.6) is 0 Å². The van der Waals surface area contributed by atoms with Gasteiger partial charge >= 0.3 is 5.97 Å². The average Bonchev–Trinajstić information content (AvgIpc) is 2.92. The molecule has 0 spiro atoms. The van der Waals surface area contributed by atoms with Crippen molar-refractivity contribution in [3.05, 3.63) is 28.9 Å². The number of hydrogen-bond acceptors (Lipinski definition) is 4. The Morgan fingerprint density at radius 2 is 2.44 bits per heavy atom. The fraction of sp³-hybridized carbons (Fsp3) is 0.385. The van der Waals surface area contributed by atoms with Gasteiger partial charge in [-0.2, -0.15) is 0 Å².